The highest BCUT2D eigenvalue weighted by Gasteiger charge is 2.21. The van der Waals surface area contributed by atoms with Crippen molar-refractivity contribution >= 4 is 24.0 Å². The molecule has 1 heterocycles. The van der Waals surface area contributed by atoms with Crippen LogP contribution in [0.2, 0.25) is 0 Å². The number of methoxy groups -OCH3 is 2. The number of benzene rings is 2. The van der Waals surface area contributed by atoms with Gasteiger partial charge in [-0.1, -0.05) is 30.3 Å². The number of aliphatic imine (C=N–C) groups is 1. The van der Waals surface area contributed by atoms with Crippen molar-refractivity contribution in [2.45, 2.75) is 0 Å². The van der Waals surface area contributed by atoms with Crippen molar-refractivity contribution in [1.29, 1.82) is 0 Å². The van der Waals surface area contributed by atoms with E-state index in [1.165, 1.54) is 0 Å². The summed E-state index contributed by atoms with van der Waals surface area (Å²) in [7, 11) is 3.20. The SMILES string of the molecule is COc1cccc(/C=C2N=C(/C=C/c3ccccc3OC)OC/2=O)c1. The molecular formula is C20H17NO4. The fraction of sp³-hybridized carbons (Fsp3) is 0.100. The van der Waals surface area contributed by atoms with Crippen LogP contribution >= 0.6 is 0 Å². The van der Waals surface area contributed by atoms with Gasteiger partial charge in [-0.3, -0.25) is 0 Å². The lowest BCUT2D eigenvalue weighted by Crippen LogP contribution is -2.01. The second kappa shape index (κ2) is 7.49. The fourth-order valence-corrected chi connectivity index (χ4v) is 2.35. The Labute approximate surface area is 145 Å². The highest BCUT2D eigenvalue weighted by atomic mass is 16.6. The van der Waals surface area contributed by atoms with Gasteiger partial charge in [-0.15, -0.1) is 0 Å². The Balaban J connectivity index is 1.82. The lowest BCUT2D eigenvalue weighted by atomic mass is 10.2. The molecule has 0 aliphatic carbocycles. The summed E-state index contributed by atoms with van der Waals surface area (Å²) in [6, 6.07) is 14.9. The molecular weight excluding hydrogens is 318 g/mol. The van der Waals surface area contributed by atoms with E-state index in [2.05, 4.69) is 4.99 Å². The molecule has 126 valence electrons. The van der Waals surface area contributed by atoms with Crippen LogP contribution in [0.3, 0.4) is 0 Å². The Bertz CT molecular complexity index is 881. The van der Waals surface area contributed by atoms with Gasteiger partial charge in [0.15, 0.2) is 5.70 Å². The predicted molar refractivity (Wildman–Crippen MR) is 96.5 cm³/mol. The molecule has 2 aromatic carbocycles. The first-order valence-electron chi connectivity index (χ1n) is 7.67. The third-order valence-electron chi connectivity index (χ3n) is 3.58. The molecule has 1 aliphatic heterocycles. The number of carbonyl (C=O) groups is 1. The molecule has 0 amide bonds. The second-order valence-corrected chi connectivity index (χ2v) is 5.22. The van der Waals surface area contributed by atoms with Gasteiger partial charge in [-0.05, 0) is 35.9 Å². The van der Waals surface area contributed by atoms with Gasteiger partial charge in [0.1, 0.15) is 11.5 Å². The molecule has 0 N–H and O–H groups in total. The predicted octanol–water partition coefficient (Wildman–Crippen LogP) is 3.71. The normalized spacial score (nSPS) is 15.4. The van der Waals surface area contributed by atoms with E-state index in [4.69, 9.17) is 14.2 Å². The third-order valence-corrected chi connectivity index (χ3v) is 3.58. The lowest BCUT2D eigenvalue weighted by molar-refractivity contribution is -0.129. The summed E-state index contributed by atoms with van der Waals surface area (Å²) >= 11 is 0. The fourth-order valence-electron chi connectivity index (χ4n) is 2.35. The van der Waals surface area contributed by atoms with Crippen LogP contribution in [0.4, 0.5) is 0 Å². The van der Waals surface area contributed by atoms with Gasteiger partial charge in [-0.2, -0.15) is 0 Å². The summed E-state index contributed by atoms with van der Waals surface area (Å²) in [5.41, 5.74) is 1.92. The van der Waals surface area contributed by atoms with Gasteiger partial charge in [0.2, 0.25) is 5.90 Å². The van der Waals surface area contributed by atoms with Gasteiger partial charge < -0.3 is 14.2 Å². The summed E-state index contributed by atoms with van der Waals surface area (Å²) < 4.78 is 15.6. The van der Waals surface area contributed by atoms with E-state index in [1.807, 2.05) is 48.5 Å². The van der Waals surface area contributed by atoms with Crippen LogP contribution in [0.15, 0.2) is 65.3 Å². The third kappa shape index (κ3) is 3.95. The zero-order valence-corrected chi connectivity index (χ0v) is 13.9. The number of nitrogens with zero attached hydrogens (tertiary/aromatic N) is 1. The monoisotopic (exact) mass is 335 g/mol. The molecule has 0 bridgehead atoms. The molecule has 5 heteroatoms. The lowest BCUT2D eigenvalue weighted by Gasteiger charge is -2.02. The average Bonchev–Trinajstić information content (AvgIpc) is 3.00. The maximum atomic E-state index is 12.0. The van der Waals surface area contributed by atoms with E-state index >= 15 is 0 Å². The minimum absolute atomic E-state index is 0.241. The van der Waals surface area contributed by atoms with Crippen molar-refractivity contribution < 1.29 is 19.0 Å². The summed E-state index contributed by atoms with van der Waals surface area (Å²) in [6.45, 7) is 0. The maximum Gasteiger partial charge on any atom is 0.363 e. The number of hydrogen-bond donors (Lipinski definition) is 0. The number of para-hydroxylation sites is 1. The van der Waals surface area contributed by atoms with Crippen molar-refractivity contribution in [2.75, 3.05) is 14.2 Å². The van der Waals surface area contributed by atoms with Crippen LogP contribution in [0.5, 0.6) is 11.5 Å². The Kier molecular flexibility index (Phi) is 4.95. The molecule has 0 unspecified atom stereocenters. The summed E-state index contributed by atoms with van der Waals surface area (Å²) in [5, 5.41) is 0. The molecule has 0 fully saturated rings. The Morgan fingerprint density at radius 1 is 1.00 bits per heavy atom. The van der Waals surface area contributed by atoms with Crippen molar-refractivity contribution in [3.63, 3.8) is 0 Å². The molecule has 0 atom stereocenters. The number of hydrogen-bond acceptors (Lipinski definition) is 5. The van der Waals surface area contributed by atoms with Crippen LogP contribution in [0.1, 0.15) is 11.1 Å². The first-order valence-corrected chi connectivity index (χ1v) is 7.67. The molecule has 0 saturated carbocycles. The summed E-state index contributed by atoms with van der Waals surface area (Å²) in [6.07, 6.45) is 5.09. The van der Waals surface area contributed by atoms with Crippen LogP contribution in [-0.2, 0) is 9.53 Å². The van der Waals surface area contributed by atoms with Crippen LogP contribution in [0, 0.1) is 0 Å². The second-order valence-electron chi connectivity index (χ2n) is 5.22. The molecule has 0 spiro atoms. The minimum Gasteiger partial charge on any atom is -0.497 e. The summed E-state index contributed by atoms with van der Waals surface area (Å²) in [5.74, 6) is 1.20. The minimum atomic E-state index is -0.484. The van der Waals surface area contributed by atoms with Crippen molar-refractivity contribution in [2.24, 2.45) is 4.99 Å². The average molecular weight is 335 g/mol. The van der Waals surface area contributed by atoms with Crippen molar-refractivity contribution in [3.05, 3.63) is 71.4 Å². The maximum absolute atomic E-state index is 12.0. The van der Waals surface area contributed by atoms with Gasteiger partial charge >= 0.3 is 5.97 Å². The Hall–Kier alpha value is -3.34. The molecule has 0 aromatic heterocycles. The van der Waals surface area contributed by atoms with Crippen LogP contribution in [0.25, 0.3) is 12.2 Å². The largest absolute Gasteiger partial charge is 0.497 e. The molecule has 2 aromatic rings. The highest BCUT2D eigenvalue weighted by Crippen LogP contribution is 2.21. The van der Waals surface area contributed by atoms with E-state index < -0.39 is 5.97 Å². The van der Waals surface area contributed by atoms with Crippen molar-refractivity contribution in [3.8, 4) is 11.5 Å². The quantitative estimate of drug-likeness (QED) is 0.617. The van der Waals surface area contributed by atoms with Crippen LogP contribution in [-0.4, -0.2) is 26.1 Å². The number of ether oxygens (including phenoxy) is 3. The van der Waals surface area contributed by atoms with E-state index in [0.29, 0.717) is 5.75 Å². The number of cyclic esters (lactones) is 1. The molecule has 1 aliphatic rings. The molecule has 25 heavy (non-hydrogen) atoms. The zero-order valence-electron chi connectivity index (χ0n) is 13.9. The van der Waals surface area contributed by atoms with E-state index in [-0.39, 0.29) is 11.6 Å². The number of rotatable bonds is 5. The topological polar surface area (TPSA) is 57.1 Å². The van der Waals surface area contributed by atoms with Gasteiger partial charge in [0.25, 0.3) is 0 Å². The Morgan fingerprint density at radius 3 is 2.64 bits per heavy atom. The Morgan fingerprint density at radius 2 is 1.84 bits per heavy atom. The van der Waals surface area contributed by atoms with E-state index in [0.717, 1.165) is 16.9 Å². The highest BCUT2D eigenvalue weighted by molar-refractivity contribution is 6.11. The van der Waals surface area contributed by atoms with Crippen LogP contribution < -0.4 is 9.47 Å². The first kappa shape index (κ1) is 16.5. The molecule has 0 saturated heterocycles. The summed E-state index contributed by atoms with van der Waals surface area (Å²) in [4.78, 5) is 16.2. The number of carbonyl (C=O) groups excluding carboxylic acids is 1. The molecule has 0 radical (unpaired) electrons. The van der Waals surface area contributed by atoms with Gasteiger partial charge in [0, 0.05) is 11.6 Å². The zero-order chi connectivity index (χ0) is 17.6. The van der Waals surface area contributed by atoms with Crippen molar-refractivity contribution in [1.82, 2.24) is 0 Å². The van der Waals surface area contributed by atoms with Gasteiger partial charge in [-0.25, -0.2) is 9.79 Å². The van der Waals surface area contributed by atoms with E-state index in [1.54, 1.807) is 32.4 Å². The van der Waals surface area contributed by atoms with E-state index in [9.17, 15) is 4.79 Å². The number of esters is 1. The standard InChI is InChI=1S/C20H17NO4/c1-23-16-8-5-6-14(12-16)13-17-20(22)25-19(21-17)11-10-15-7-3-4-9-18(15)24-2/h3-13H,1-2H3/b11-10+,17-13+. The first-order chi connectivity index (χ1) is 12.2. The van der Waals surface area contributed by atoms with Gasteiger partial charge in [0.05, 0.1) is 14.2 Å². The molecule has 5 nitrogen and oxygen atoms in total. The molecule has 3 rings (SSSR count). The smallest absolute Gasteiger partial charge is 0.363 e.